The molecule has 0 aliphatic heterocycles. The number of rotatable bonds is 4. The van der Waals surface area contributed by atoms with Gasteiger partial charge in [-0.2, -0.15) is 0 Å². The number of urea groups is 1. The molecule has 1 aromatic rings. The maximum atomic E-state index is 11.7. The number of hydrogen-bond acceptors (Lipinski definition) is 2. The Balaban J connectivity index is 1.88. The molecule has 1 aromatic carbocycles. The van der Waals surface area contributed by atoms with Crippen molar-refractivity contribution in [3.8, 4) is 11.8 Å². The molecule has 106 valence electrons. The van der Waals surface area contributed by atoms with Gasteiger partial charge in [-0.3, -0.25) is 0 Å². The van der Waals surface area contributed by atoms with E-state index in [4.69, 9.17) is 5.11 Å². The molecule has 0 radical (unpaired) electrons. The van der Waals surface area contributed by atoms with E-state index >= 15 is 0 Å². The Morgan fingerprint density at radius 2 is 2.10 bits per heavy atom. The number of amides is 2. The first-order valence-electron chi connectivity index (χ1n) is 6.96. The fourth-order valence-corrected chi connectivity index (χ4v) is 1.81. The minimum Gasteiger partial charge on any atom is -0.395 e. The molecule has 0 heterocycles. The first-order valence-corrected chi connectivity index (χ1v) is 6.96. The third kappa shape index (κ3) is 4.60. The zero-order chi connectivity index (χ0) is 14.4. The fourth-order valence-electron chi connectivity index (χ4n) is 1.81. The van der Waals surface area contributed by atoms with Gasteiger partial charge in [0.05, 0.1) is 12.6 Å². The Morgan fingerprint density at radius 3 is 2.70 bits per heavy atom. The smallest absolute Gasteiger partial charge is 0.315 e. The number of aliphatic hydroxyl groups is 1. The molecule has 3 N–H and O–H groups in total. The van der Waals surface area contributed by atoms with E-state index in [-0.39, 0.29) is 18.7 Å². The van der Waals surface area contributed by atoms with Crippen LogP contribution in [0, 0.1) is 11.8 Å². The van der Waals surface area contributed by atoms with Gasteiger partial charge in [-0.05, 0) is 37.5 Å². The van der Waals surface area contributed by atoms with Crippen molar-refractivity contribution in [3.63, 3.8) is 0 Å². The second-order valence-corrected chi connectivity index (χ2v) is 5.01. The van der Waals surface area contributed by atoms with Crippen LogP contribution in [-0.4, -0.2) is 23.8 Å². The van der Waals surface area contributed by atoms with Crippen LogP contribution in [0.5, 0.6) is 0 Å². The van der Waals surface area contributed by atoms with Crippen LogP contribution in [0.1, 0.15) is 43.4 Å². The highest BCUT2D eigenvalue weighted by Crippen LogP contribution is 2.19. The molecule has 0 aromatic heterocycles. The first-order chi connectivity index (χ1) is 9.69. The Hall–Kier alpha value is -1.99. The van der Waals surface area contributed by atoms with Crippen molar-refractivity contribution in [2.24, 2.45) is 0 Å². The summed E-state index contributed by atoms with van der Waals surface area (Å²) in [5.41, 5.74) is 1.96. The molecular weight excluding hydrogens is 252 g/mol. The van der Waals surface area contributed by atoms with Gasteiger partial charge in [0.1, 0.15) is 0 Å². The van der Waals surface area contributed by atoms with Crippen molar-refractivity contribution < 1.29 is 9.90 Å². The lowest BCUT2D eigenvalue weighted by Gasteiger charge is -2.15. The molecule has 1 atom stereocenters. The van der Waals surface area contributed by atoms with Gasteiger partial charge >= 0.3 is 6.03 Å². The van der Waals surface area contributed by atoms with Gasteiger partial charge < -0.3 is 15.7 Å². The minimum atomic E-state index is -0.105. The number of aliphatic hydroxyl groups excluding tert-OH is 1. The van der Waals surface area contributed by atoms with Gasteiger partial charge in [0.2, 0.25) is 0 Å². The molecule has 0 spiro atoms. The molecule has 1 unspecified atom stereocenters. The van der Waals surface area contributed by atoms with Crippen LogP contribution in [0.25, 0.3) is 0 Å². The van der Waals surface area contributed by atoms with Crippen LogP contribution in [0.4, 0.5) is 4.79 Å². The molecule has 1 aliphatic carbocycles. The summed E-state index contributed by atoms with van der Waals surface area (Å²) < 4.78 is 0. The molecule has 1 saturated carbocycles. The molecule has 1 fully saturated rings. The van der Waals surface area contributed by atoms with Crippen molar-refractivity contribution in [2.45, 2.75) is 38.3 Å². The van der Waals surface area contributed by atoms with E-state index < -0.39 is 0 Å². The van der Waals surface area contributed by atoms with Crippen molar-refractivity contribution >= 4 is 6.03 Å². The summed E-state index contributed by atoms with van der Waals surface area (Å²) in [4.78, 5) is 11.7. The predicted molar refractivity (Wildman–Crippen MR) is 78.1 cm³/mol. The van der Waals surface area contributed by atoms with Crippen LogP contribution < -0.4 is 10.6 Å². The van der Waals surface area contributed by atoms with E-state index in [0.29, 0.717) is 12.5 Å². The number of carbonyl (C=O) groups is 1. The van der Waals surface area contributed by atoms with Crippen molar-refractivity contribution in [3.05, 3.63) is 35.4 Å². The number of nitrogens with one attached hydrogen (secondary N) is 2. The summed E-state index contributed by atoms with van der Waals surface area (Å²) in [5.74, 6) is 5.86. The summed E-state index contributed by atoms with van der Waals surface area (Å²) in [6.07, 6.45) is 2.66. The van der Waals surface area contributed by atoms with E-state index in [9.17, 15) is 4.79 Å². The predicted octanol–water partition coefficient (Wildman–Crippen LogP) is 1.94. The molecule has 0 bridgehead atoms. The maximum absolute atomic E-state index is 11.7. The molecule has 4 heteroatoms. The van der Waals surface area contributed by atoms with E-state index in [2.05, 4.69) is 22.5 Å². The zero-order valence-electron chi connectivity index (χ0n) is 11.6. The second-order valence-electron chi connectivity index (χ2n) is 5.01. The van der Waals surface area contributed by atoms with Gasteiger partial charge in [0.15, 0.2) is 0 Å². The Labute approximate surface area is 119 Å². The van der Waals surface area contributed by atoms with Crippen LogP contribution >= 0.6 is 0 Å². The Bertz CT molecular complexity index is 510. The van der Waals surface area contributed by atoms with Gasteiger partial charge in [0.25, 0.3) is 0 Å². The SMILES string of the molecule is CC(NC(=O)NC1CC1)c1ccc(C#CCCO)cc1. The van der Waals surface area contributed by atoms with Crippen LogP contribution in [0.2, 0.25) is 0 Å². The second kappa shape index (κ2) is 6.97. The largest absolute Gasteiger partial charge is 0.395 e. The Morgan fingerprint density at radius 1 is 1.40 bits per heavy atom. The molecule has 1 aliphatic rings. The van der Waals surface area contributed by atoms with Gasteiger partial charge in [-0.15, -0.1) is 0 Å². The molecule has 2 amide bonds. The summed E-state index contributed by atoms with van der Waals surface area (Å²) in [7, 11) is 0. The lowest BCUT2D eigenvalue weighted by Crippen LogP contribution is -2.38. The quantitative estimate of drug-likeness (QED) is 0.734. The van der Waals surface area contributed by atoms with E-state index in [1.165, 1.54) is 0 Å². The Kier molecular flexibility index (Phi) is 5.03. The molecule has 4 nitrogen and oxygen atoms in total. The normalized spacial score (nSPS) is 14.9. The highest BCUT2D eigenvalue weighted by atomic mass is 16.2. The van der Waals surface area contributed by atoms with Gasteiger partial charge in [-0.1, -0.05) is 24.0 Å². The fraction of sp³-hybridized carbons (Fsp3) is 0.438. The first kappa shape index (κ1) is 14.4. The van der Waals surface area contributed by atoms with E-state index in [1.54, 1.807) is 0 Å². The topological polar surface area (TPSA) is 61.4 Å². The lowest BCUT2D eigenvalue weighted by molar-refractivity contribution is 0.237. The zero-order valence-corrected chi connectivity index (χ0v) is 11.6. The average Bonchev–Trinajstić information content (AvgIpc) is 3.23. The van der Waals surface area contributed by atoms with Crippen LogP contribution in [-0.2, 0) is 0 Å². The standard InChI is InChI=1S/C16H20N2O2/c1-12(17-16(20)18-15-9-10-15)14-7-5-13(6-8-14)4-2-3-11-19/h5-8,12,15,19H,3,9-11H2,1H3,(H2,17,18,20). The average molecular weight is 272 g/mol. The van der Waals surface area contributed by atoms with Gasteiger partial charge in [-0.25, -0.2) is 4.79 Å². The summed E-state index contributed by atoms with van der Waals surface area (Å²) >= 11 is 0. The minimum absolute atomic E-state index is 0.0341. The molecule has 0 saturated heterocycles. The van der Waals surface area contributed by atoms with Crippen molar-refractivity contribution in [1.82, 2.24) is 10.6 Å². The monoisotopic (exact) mass is 272 g/mol. The molecular formula is C16H20N2O2. The van der Waals surface area contributed by atoms with Gasteiger partial charge in [0, 0.05) is 18.0 Å². The summed E-state index contributed by atoms with van der Waals surface area (Å²) in [6.45, 7) is 2.04. The van der Waals surface area contributed by atoms with Crippen molar-refractivity contribution in [2.75, 3.05) is 6.61 Å². The number of carbonyl (C=O) groups excluding carboxylic acids is 1. The molecule has 20 heavy (non-hydrogen) atoms. The van der Waals surface area contributed by atoms with Crippen LogP contribution in [0.15, 0.2) is 24.3 Å². The number of benzene rings is 1. The van der Waals surface area contributed by atoms with Crippen molar-refractivity contribution in [1.29, 1.82) is 0 Å². The third-order valence-corrected chi connectivity index (χ3v) is 3.14. The van der Waals surface area contributed by atoms with Crippen LogP contribution in [0.3, 0.4) is 0 Å². The summed E-state index contributed by atoms with van der Waals surface area (Å²) in [5, 5.41) is 14.5. The highest BCUT2D eigenvalue weighted by molar-refractivity contribution is 5.75. The maximum Gasteiger partial charge on any atom is 0.315 e. The number of hydrogen-bond donors (Lipinski definition) is 3. The summed E-state index contributed by atoms with van der Waals surface area (Å²) in [6, 6.07) is 8.01. The van der Waals surface area contributed by atoms with E-state index in [1.807, 2.05) is 31.2 Å². The lowest BCUT2D eigenvalue weighted by atomic mass is 10.1. The highest BCUT2D eigenvalue weighted by Gasteiger charge is 2.23. The molecule has 2 rings (SSSR count). The third-order valence-electron chi connectivity index (χ3n) is 3.14. The van der Waals surface area contributed by atoms with E-state index in [0.717, 1.165) is 24.0 Å².